The number of nitrogens with zero attached hydrogens (tertiary/aromatic N) is 1. The van der Waals surface area contributed by atoms with Gasteiger partial charge in [0.2, 0.25) is 0 Å². The Bertz CT molecular complexity index is 997. The van der Waals surface area contributed by atoms with Crippen LogP contribution in [0, 0.1) is 17.2 Å². The number of fused-ring (bicyclic) bond motifs is 3. The molecule has 136 valence electrons. The highest BCUT2D eigenvalue weighted by Gasteiger charge is 2.28. The number of hydrogen-bond donors (Lipinski definition) is 0. The summed E-state index contributed by atoms with van der Waals surface area (Å²) in [6.07, 6.45) is 3.91. The lowest BCUT2D eigenvalue weighted by atomic mass is 9.78. The molecule has 0 aromatic heterocycles. The number of halogens is 1. The van der Waals surface area contributed by atoms with Crippen LogP contribution in [-0.4, -0.2) is 6.17 Å². The van der Waals surface area contributed by atoms with E-state index in [4.69, 9.17) is 5.26 Å². The first-order chi connectivity index (χ1) is 13.2. The van der Waals surface area contributed by atoms with Gasteiger partial charge in [0.25, 0.3) is 0 Å². The third-order valence-electron chi connectivity index (χ3n) is 5.90. The van der Waals surface area contributed by atoms with Crippen molar-refractivity contribution in [1.82, 2.24) is 0 Å². The lowest BCUT2D eigenvalue weighted by molar-refractivity contribution is 0.200. The molecule has 0 heterocycles. The summed E-state index contributed by atoms with van der Waals surface area (Å²) >= 11 is 0. The van der Waals surface area contributed by atoms with Crippen LogP contribution in [0.3, 0.4) is 0 Å². The number of benzene rings is 3. The van der Waals surface area contributed by atoms with E-state index in [1.54, 1.807) is 0 Å². The van der Waals surface area contributed by atoms with Gasteiger partial charge in [0, 0.05) is 6.42 Å². The molecule has 0 bridgehead atoms. The molecule has 0 aliphatic heterocycles. The summed E-state index contributed by atoms with van der Waals surface area (Å²) in [6.45, 7) is 2.17. The Balaban J connectivity index is 1.68. The Morgan fingerprint density at radius 2 is 1.78 bits per heavy atom. The number of alkyl halides is 1. The number of rotatable bonds is 4. The second kappa shape index (κ2) is 7.53. The first kappa shape index (κ1) is 17.7. The van der Waals surface area contributed by atoms with Gasteiger partial charge in [-0.15, -0.1) is 0 Å². The molecule has 0 saturated carbocycles. The molecule has 0 spiro atoms. The Morgan fingerprint density at radius 1 is 1.00 bits per heavy atom. The van der Waals surface area contributed by atoms with Gasteiger partial charge in [-0.1, -0.05) is 56.2 Å². The summed E-state index contributed by atoms with van der Waals surface area (Å²) in [5.41, 5.74) is 5.40. The molecule has 1 aliphatic carbocycles. The molecule has 27 heavy (non-hydrogen) atoms. The molecule has 0 saturated heterocycles. The van der Waals surface area contributed by atoms with E-state index in [9.17, 15) is 4.39 Å². The molecule has 0 amide bonds. The van der Waals surface area contributed by atoms with E-state index >= 15 is 0 Å². The van der Waals surface area contributed by atoms with E-state index in [0.717, 1.165) is 42.2 Å². The zero-order valence-corrected chi connectivity index (χ0v) is 15.7. The van der Waals surface area contributed by atoms with Crippen LogP contribution in [0.15, 0.2) is 54.6 Å². The van der Waals surface area contributed by atoms with E-state index in [2.05, 4.69) is 43.3 Å². The minimum Gasteiger partial charge on any atom is -0.247 e. The molecular weight excluding hydrogens is 333 g/mol. The standard InChI is InChI=1S/C25H24FN/c1-2-3-4-22-14-21-10-9-20-13-19(18-7-5-17(16-27)6-8-18)11-12-23(20)24(21)15-25(22)26/h5-13,22,25H,2-4,14-15H2,1H3. The molecule has 2 unspecified atom stereocenters. The van der Waals surface area contributed by atoms with Gasteiger partial charge in [0.15, 0.2) is 0 Å². The van der Waals surface area contributed by atoms with Crippen molar-refractivity contribution in [3.8, 4) is 17.2 Å². The SMILES string of the molecule is CCCCC1Cc2ccc3cc(-c4ccc(C#N)cc4)ccc3c2CC1F. The van der Waals surface area contributed by atoms with Crippen LogP contribution in [0.25, 0.3) is 21.9 Å². The van der Waals surface area contributed by atoms with Gasteiger partial charge in [-0.2, -0.15) is 5.26 Å². The normalized spacial score (nSPS) is 18.9. The Labute approximate surface area is 160 Å². The lowest BCUT2D eigenvalue weighted by Crippen LogP contribution is -2.27. The molecule has 2 atom stereocenters. The van der Waals surface area contributed by atoms with Crippen LogP contribution in [0.1, 0.15) is 42.9 Å². The predicted molar refractivity (Wildman–Crippen MR) is 109 cm³/mol. The van der Waals surface area contributed by atoms with Gasteiger partial charge in [-0.3, -0.25) is 0 Å². The fourth-order valence-electron chi connectivity index (χ4n) is 4.31. The molecule has 1 nitrogen and oxygen atoms in total. The fourth-order valence-corrected chi connectivity index (χ4v) is 4.31. The van der Waals surface area contributed by atoms with Gasteiger partial charge in [0.05, 0.1) is 11.6 Å². The van der Waals surface area contributed by atoms with E-state index in [1.165, 1.54) is 16.5 Å². The maximum absolute atomic E-state index is 14.8. The molecule has 3 aromatic rings. The van der Waals surface area contributed by atoms with Crippen molar-refractivity contribution in [2.24, 2.45) is 5.92 Å². The Hall–Kier alpha value is -2.66. The summed E-state index contributed by atoms with van der Waals surface area (Å²) in [4.78, 5) is 0. The van der Waals surface area contributed by atoms with E-state index in [0.29, 0.717) is 12.0 Å². The first-order valence-electron chi connectivity index (χ1n) is 9.88. The topological polar surface area (TPSA) is 23.8 Å². The van der Waals surface area contributed by atoms with Gasteiger partial charge in [-0.25, -0.2) is 4.39 Å². The van der Waals surface area contributed by atoms with Crippen LogP contribution >= 0.6 is 0 Å². The highest BCUT2D eigenvalue weighted by molar-refractivity contribution is 5.91. The smallest absolute Gasteiger partial charge is 0.107 e. The molecule has 0 radical (unpaired) electrons. The van der Waals surface area contributed by atoms with Gasteiger partial charge >= 0.3 is 0 Å². The molecule has 0 N–H and O–H groups in total. The average Bonchev–Trinajstić information content (AvgIpc) is 2.72. The summed E-state index contributed by atoms with van der Waals surface area (Å²) in [7, 11) is 0. The van der Waals surface area contributed by atoms with E-state index in [1.807, 2.05) is 24.3 Å². The third kappa shape index (κ3) is 3.47. The van der Waals surface area contributed by atoms with Crippen molar-refractivity contribution in [2.45, 2.75) is 45.2 Å². The summed E-state index contributed by atoms with van der Waals surface area (Å²) in [5.74, 6) is 0.174. The molecule has 4 rings (SSSR count). The second-order valence-electron chi connectivity index (χ2n) is 7.65. The van der Waals surface area contributed by atoms with Gasteiger partial charge in [0.1, 0.15) is 6.17 Å². The fraction of sp³-hybridized carbons (Fsp3) is 0.320. The second-order valence-corrected chi connectivity index (χ2v) is 7.65. The summed E-state index contributed by atoms with van der Waals surface area (Å²) < 4.78 is 14.8. The molecule has 1 aliphatic rings. The maximum atomic E-state index is 14.8. The van der Waals surface area contributed by atoms with Crippen LogP contribution in [0.4, 0.5) is 4.39 Å². The van der Waals surface area contributed by atoms with Crippen molar-refractivity contribution in [1.29, 1.82) is 5.26 Å². The van der Waals surface area contributed by atoms with Crippen molar-refractivity contribution < 1.29 is 4.39 Å². The molecular formula is C25H24FN. The zero-order chi connectivity index (χ0) is 18.8. The Kier molecular flexibility index (Phi) is 4.94. The first-order valence-corrected chi connectivity index (χ1v) is 9.88. The molecule has 0 fully saturated rings. The van der Waals surface area contributed by atoms with Gasteiger partial charge in [-0.05, 0) is 70.0 Å². The number of hydrogen-bond acceptors (Lipinski definition) is 1. The quantitative estimate of drug-likeness (QED) is 0.514. The van der Waals surface area contributed by atoms with Crippen molar-refractivity contribution in [3.05, 3.63) is 71.3 Å². The zero-order valence-electron chi connectivity index (χ0n) is 15.7. The van der Waals surface area contributed by atoms with E-state index in [-0.39, 0.29) is 5.92 Å². The molecule has 2 heteroatoms. The van der Waals surface area contributed by atoms with E-state index < -0.39 is 6.17 Å². The minimum absolute atomic E-state index is 0.174. The average molecular weight is 357 g/mol. The minimum atomic E-state index is -0.729. The largest absolute Gasteiger partial charge is 0.247 e. The highest BCUT2D eigenvalue weighted by atomic mass is 19.1. The highest BCUT2D eigenvalue weighted by Crippen LogP contribution is 2.36. The lowest BCUT2D eigenvalue weighted by Gasteiger charge is -2.29. The summed E-state index contributed by atoms with van der Waals surface area (Å²) in [5, 5.41) is 11.3. The van der Waals surface area contributed by atoms with Crippen LogP contribution < -0.4 is 0 Å². The molecule has 3 aromatic carbocycles. The van der Waals surface area contributed by atoms with Gasteiger partial charge < -0.3 is 0 Å². The summed E-state index contributed by atoms with van der Waals surface area (Å²) in [6, 6.07) is 20.6. The predicted octanol–water partition coefficient (Wildman–Crippen LogP) is 6.62. The van der Waals surface area contributed by atoms with Crippen LogP contribution in [0.2, 0.25) is 0 Å². The van der Waals surface area contributed by atoms with Crippen molar-refractivity contribution in [3.63, 3.8) is 0 Å². The van der Waals surface area contributed by atoms with Crippen LogP contribution in [0.5, 0.6) is 0 Å². The van der Waals surface area contributed by atoms with Crippen LogP contribution in [-0.2, 0) is 12.8 Å². The maximum Gasteiger partial charge on any atom is 0.107 e. The Morgan fingerprint density at radius 3 is 2.52 bits per heavy atom. The third-order valence-corrected chi connectivity index (χ3v) is 5.90. The number of nitriles is 1. The van der Waals surface area contributed by atoms with Crippen molar-refractivity contribution in [2.75, 3.05) is 0 Å². The van der Waals surface area contributed by atoms with Crippen molar-refractivity contribution >= 4 is 10.8 Å². The monoisotopic (exact) mass is 357 g/mol. The number of unbranched alkanes of at least 4 members (excludes halogenated alkanes) is 1.